The molecule has 0 saturated heterocycles. The van der Waals surface area contributed by atoms with Crippen molar-refractivity contribution in [3.63, 3.8) is 0 Å². The van der Waals surface area contributed by atoms with Crippen molar-refractivity contribution in [2.75, 3.05) is 13.1 Å². The lowest BCUT2D eigenvalue weighted by Crippen LogP contribution is -2.28. The summed E-state index contributed by atoms with van der Waals surface area (Å²) >= 11 is 0. The first-order chi connectivity index (χ1) is 7.07. The van der Waals surface area contributed by atoms with Crippen molar-refractivity contribution in [1.82, 2.24) is 5.06 Å². The molecule has 0 atom stereocenters. The molecular formula is C9H18N2O4. The number of nitrogens with zero attached hydrogens (tertiary/aromatic N) is 1. The Morgan fingerprint density at radius 3 is 2.33 bits per heavy atom. The van der Waals surface area contributed by atoms with Gasteiger partial charge in [0.25, 0.3) is 0 Å². The maximum atomic E-state index is 11.1. The summed E-state index contributed by atoms with van der Waals surface area (Å²) in [4.78, 5) is 21.3. The van der Waals surface area contributed by atoms with Gasteiger partial charge in [-0.1, -0.05) is 6.42 Å². The number of amides is 1. The number of nitrogens with two attached hydrogens (primary N) is 1. The van der Waals surface area contributed by atoms with Crippen LogP contribution in [-0.4, -0.2) is 40.3 Å². The van der Waals surface area contributed by atoms with Gasteiger partial charge in [0.2, 0.25) is 5.91 Å². The van der Waals surface area contributed by atoms with Crippen molar-refractivity contribution in [3.05, 3.63) is 0 Å². The number of carboxylic acids is 1. The van der Waals surface area contributed by atoms with Gasteiger partial charge in [-0.25, -0.2) is 5.06 Å². The molecule has 0 heterocycles. The Kier molecular flexibility index (Phi) is 7.57. The van der Waals surface area contributed by atoms with Crippen LogP contribution >= 0.6 is 0 Å². The Labute approximate surface area is 88.6 Å². The number of hydrogen-bond donors (Lipinski definition) is 3. The zero-order valence-corrected chi connectivity index (χ0v) is 8.69. The predicted octanol–water partition coefficient (Wildman–Crippen LogP) is 0.198. The van der Waals surface area contributed by atoms with E-state index in [9.17, 15) is 14.8 Å². The van der Waals surface area contributed by atoms with Crippen molar-refractivity contribution in [1.29, 1.82) is 0 Å². The van der Waals surface area contributed by atoms with E-state index in [1.165, 1.54) is 0 Å². The predicted molar refractivity (Wildman–Crippen MR) is 53.3 cm³/mol. The third kappa shape index (κ3) is 7.90. The number of hydrogen-bond acceptors (Lipinski definition) is 4. The lowest BCUT2D eigenvalue weighted by molar-refractivity contribution is -0.166. The van der Waals surface area contributed by atoms with Crippen molar-refractivity contribution in [2.24, 2.45) is 5.73 Å². The molecule has 0 rings (SSSR count). The van der Waals surface area contributed by atoms with Crippen LogP contribution < -0.4 is 5.73 Å². The van der Waals surface area contributed by atoms with Crippen LogP contribution in [-0.2, 0) is 9.59 Å². The molecule has 4 N–H and O–H groups in total. The maximum absolute atomic E-state index is 11.1. The summed E-state index contributed by atoms with van der Waals surface area (Å²) in [6.07, 6.45) is 1.96. The lowest BCUT2D eigenvalue weighted by Gasteiger charge is -2.13. The van der Waals surface area contributed by atoms with Crippen LogP contribution in [0.2, 0.25) is 0 Å². The summed E-state index contributed by atoms with van der Waals surface area (Å²) in [6.45, 7) is 0.830. The fraction of sp³-hybridized carbons (Fsp3) is 0.778. The normalized spacial score (nSPS) is 10.0. The first-order valence-electron chi connectivity index (χ1n) is 4.99. The van der Waals surface area contributed by atoms with E-state index in [2.05, 4.69) is 0 Å². The smallest absolute Gasteiger partial charge is 0.303 e. The second kappa shape index (κ2) is 8.19. The van der Waals surface area contributed by atoms with Crippen LogP contribution in [0, 0.1) is 0 Å². The number of aliphatic carboxylic acids is 1. The van der Waals surface area contributed by atoms with Crippen LogP contribution in [0.25, 0.3) is 0 Å². The molecule has 15 heavy (non-hydrogen) atoms. The van der Waals surface area contributed by atoms with E-state index in [1.807, 2.05) is 0 Å². The van der Waals surface area contributed by atoms with Gasteiger partial charge in [0, 0.05) is 13.0 Å². The average Bonchev–Trinajstić information content (AvgIpc) is 2.20. The molecule has 88 valence electrons. The highest BCUT2D eigenvalue weighted by Gasteiger charge is 2.11. The fourth-order valence-electron chi connectivity index (χ4n) is 1.05. The minimum absolute atomic E-state index is 0.164. The summed E-state index contributed by atoms with van der Waals surface area (Å²) in [6, 6.07) is 0. The third-order valence-corrected chi connectivity index (χ3v) is 1.91. The van der Waals surface area contributed by atoms with Crippen molar-refractivity contribution in [3.8, 4) is 0 Å². The maximum Gasteiger partial charge on any atom is 0.303 e. The Hall–Kier alpha value is -1.14. The summed E-state index contributed by atoms with van der Waals surface area (Å²) in [7, 11) is 0. The molecule has 0 bridgehead atoms. The third-order valence-electron chi connectivity index (χ3n) is 1.91. The second-order valence-electron chi connectivity index (χ2n) is 3.26. The summed E-state index contributed by atoms with van der Waals surface area (Å²) in [5, 5.41) is 18.1. The molecule has 0 radical (unpaired) electrons. The minimum Gasteiger partial charge on any atom is -0.481 e. The van der Waals surface area contributed by atoms with Gasteiger partial charge in [0.05, 0.1) is 6.42 Å². The largest absolute Gasteiger partial charge is 0.481 e. The van der Waals surface area contributed by atoms with Gasteiger partial charge >= 0.3 is 5.97 Å². The number of rotatable bonds is 8. The molecular weight excluding hydrogens is 200 g/mol. The van der Waals surface area contributed by atoms with Gasteiger partial charge in [-0.3, -0.25) is 14.8 Å². The minimum atomic E-state index is -1.04. The molecule has 0 aliphatic rings. The molecule has 0 aliphatic carbocycles. The van der Waals surface area contributed by atoms with Crippen molar-refractivity contribution < 1.29 is 19.9 Å². The van der Waals surface area contributed by atoms with Gasteiger partial charge < -0.3 is 10.8 Å². The highest BCUT2D eigenvalue weighted by molar-refractivity contribution is 5.79. The zero-order valence-electron chi connectivity index (χ0n) is 8.69. The molecule has 0 unspecified atom stereocenters. The number of carbonyl (C=O) groups is 2. The average molecular weight is 218 g/mol. The summed E-state index contributed by atoms with van der Waals surface area (Å²) < 4.78 is 0. The van der Waals surface area contributed by atoms with Gasteiger partial charge in [0.1, 0.15) is 0 Å². The Morgan fingerprint density at radius 2 is 1.80 bits per heavy atom. The Morgan fingerprint density at radius 1 is 1.13 bits per heavy atom. The fourth-order valence-corrected chi connectivity index (χ4v) is 1.05. The highest BCUT2D eigenvalue weighted by atomic mass is 16.5. The van der Waals surface area contributed by atoms with Gasteiger partial charge in [-0.2, -0.15) is 0 Å². The van der Waals surface area contributed by atoms with E-state index in [0.717, 1.165) is 12.8 Å². The summed E-state index contributed by atoms with van der Waals surface area (Å²) in [5.74, 6) is -1.59. The van der Waals surface area contributed by atoms with Crippen LogP contribution in [0.1, 0.15) is 32.1 Å². The molecule has 6 nitrogen and oxygen atoms in total. The van der Waals surface area contributed by atoms with E-state index >= 15 is 0 Å². The van der Waals surface area contributed by atoms with Crippen LogP contribution in [0.5, 0.6) is 0 Å². The number of carbonyl (C=O) groups excluding carboxylic acids is 1. The quantitative estimate of drug-likeness (QED) is 0.306. The standard InChI is InChI=1S/C9H18N2O4/c10-6-2-1-3-7-11(15)8(12)4-5-9(13)14/h15H,1-7,10H2,(H,13,14). The molecule has 1 amide bonds. The number of unbranched alkanes of at least 4 members (excludes halogenated alkanes) is 2. The monoisotopic (exact) mass is 218 g/mol. The number of hydroxylamine groups is 2. The Balaban J connectivity index is 3.55. The van der Waals surface area contributed by atoms with E-state index in [1.54, 1.807) is 0 Å². The molecule has 0 fully saturated rings. The molecule has 0 spiro atoms. The van der Waals surface area contributed by atoms with Crippen molar-refractivity contribution in [2.45, 2.75) is 32.1 Å². The van der Waals surface area contributed by atoms with Crippen LogP contribution in [0.4, 0.5) is 0 Å². The van der Waals surface area contributed by atoms with Gasteiger partial charge in [0.15, 0.2) is 0 Å². The number of carboxylic acid groups (broad SMARTS) is 1. The molecule has 0 saturated carbocycles. The van der Waals surface area contributed by atoms with Gasteiger partial charge in [-0.15, -0.1) is 0 Å². The molecule has 0 aliphatic heterocycles. The topological polar surface area (TPSA) is 104 Å². The Bertz CT molecular complexity index is 208. The molecule has 0 aromatic heterocycles. The van der Waals surface area contributed by atoms with Crippen molar-refractivity contribution >= 4 is 11.9 Å². The zero-order chi connectivity index (χ0) is 11.7. The molecule has 0 aromatic carbocycles. The summed E-state index contributed by atoms with van der Waals surface area (Å²) in [5.41, 5.74) is 5.28. The van der Waals surface area contributed by atoms with E-state index in [-0.39, 0.29) is 19.4 Å². The van der Waals surface area contributed by atoms with Crippen LogP contribution in [0.3, 0.4) is 0 Å². The highest BCUT2D eigenvalue weighted by Crippen LogP contribution is 2.00. The van der Waals surface area contributed by atoms with E-state index < -0.39 is 11.9 Å². The first kappa shape index (κ1) is 13.9. The SMILES string of the molecule is NCCCCCN(O)C(=O)CCC(=O)O. The van der Waals surface area contributed by atoms with Crippen LogP contribution in [0.15, 0.2) is 0 Å². The van der Waals surface area contributed by atoms with E-state index in [4.69, 9.17) is 10.8 Å². The first-order valence-corrected chi connectivity index (χ1v) is 4.99. The molecule has 6 heteroatoms. The van der Waals surface area contributed by atoms with Gasteiger partial charge in [-0.05, 0) is 19.4 Å². The second-order valence-corrected chi connectivity index (χ2v) is 3.26. The molecule has 0 aromatic rings. The van der Waals surface area contributed by atoms with E-state index in [0.29, 0.717) is 18.0 Å². The lowest BCUT2D eigenvalue weighted by atomic mass is 10.2.